The van der Waals surface area contributed by atoms with Gasteiger partial charge in [0.1, 0.15) is 0 Å². The molecule has 22 heavy (non-hydrogen) atoms. The topological polar surface area (TPSA) is 78.4 Å². The summed E-state index contributed by atoms with van der Waals surface area (Å²) in [5.41, 5.74) is 3.40. The number of hydrogen-bond donors (Lipinski definition) is 3. The molecular formula is C16H16N2O3S. The van der Waals surface area contributed by atoms with Crippen molar-refractivity contribution in [2.75, 3.05) is 11.6 Å². The summed E-state index contributed by atoms with van der Waals surface area (Å²) >= 11 is 1.65. The molecular weight excluding hydrogens is 300 g/mol. The summed E-state index contributed by atoms with van der Waals surface area (Å²) in [7, 11) is 0. The van der Waals surface area contributed by atoms with E-state index in [0.717, 1.165) is 10.5 Å². The van der Waals surface area contributed by atoms with Crippen LogP contribution in [0.4, 0.5) is 5.69 Å². The Morgan fingerprint density at radius 3 is 2.23 bits per heavy atom. The van der Waals surface area contributed by atoms with Gasteiger partial charge in [-0.3, -0.25) is 14.8 Å². The summed E-state index contributed by atoms with van der Waals surface area (Å²) < 4.78 is 0. The molecule has 0 aliphatic rings. The van der Waals surface area contributed by atoms with E-state index in [-0.39, 0.29) is 12.3 Å². The molecule has 3 N–H and O–H groups in total. The van der Waals surface area contributed by atoms with Crippen LogP contribution in [0.25, 0.3) is 0 Å². The maximum Gasteiger partial charge on any atom is 0.274 e. The predicted molar refractivity (Wildman–Crippen MR) is 86.3 cm³/mol. The van der Waals surface area contributed by atoms with E-state index in [1.165, 1.54) is 12.1 Å². The van der Waals surface area contributed by atoms with Gasteiger partial charge in [-0.05, 0) is 48.2 Å². The van der Waals surface area contributed by atoms with Crippen molar-refractivity contribution in [3.8, 4) is 0 Å². The van der Waals surface area contributed by atoms with Crippen LogP contribution < -0.4 is 10.8 Å². The molecule has 0 aliphatic carbocycles. The van der Waals surface area contributed by atoms with Gasteiger partial charge in [0.2, 0.25) is 5.91 Å². The number of nitrogens with one attached hydrogen (secondary N) is 2. The molecule has 6 heteroatoms. The van der Waals surface area contributed by atoms with E-state index in [1.807, 2.05) is 30.5 Å². The molecule has 0 bridgehead atoms. The van der Waals surface area contributed by atoms with Crippen molar-refractivity contribution in [3.05, 3.63) is 59.7 Å². The van der Waals surface area contributed by atoms with Crippen LogP contribution in [0.1, 0.15) is 15.9 Å². The Labute approximate surface area is 132 Å². The Morgan fingerprint density at radius 1 is 1.05 bits per heavy atom. The summed E-state index contributed by atoms with van der Waals surface area (Å²) in [5, 5.41) is 11.3. The van der Waals surface area contributed by atoms with E-state index in [0.29, 0.717) is 11.3 Å². The zero-order valence-corrected chi connectivity index (χ0v) is 12.8. The first-order chi connectivity index (χ1) is 10.6. The first-order valence-electron chi connectivity index (χ1n) is 6.59. The quantitative estimate of drug-likeness (QED) is 0.450. The number of carbonyl (C=O) groups is 2. The van der Waals surface area contributed by atoms with E-state index in [2.05, 4.69) is 5.32 Å². The van der Waals surface area contributed by atoms with Crippen LogP contribution in [0.15, 0.2) is 53.4 Å². The lowest BCUT2D eigenvalue weighted by Gasteiger charge is -2.07. The Balaban J connectivity index is 1.94. The maximum atomic E-state index is 12.0. The van der Waals surface area contributed by atoms with Gasteiger partial charge >= 0.3 is 0 Å². The molecule has 0 atom stereocenters. The minimum atomic E-state index is -0.591. The molecule has 2 aromatic carbocycles. The monoisotopic (exact) mass is 316 g/mol. The van der Waals surface area contributed by atoms with Crippen LogP contribution in [0.5, 0.6) is 0 Å². The molecule has 0 heterocycles. The van der Waals surface area contributed by atoms with E-state index >= 15 is 0 Å². The van der Waals surface area contributed by atoms with E-state index in [9.17, 15) is 9.59 Å². The third-order valence-electron chi connectivity index (χ3n) is 3.06. The van der Waals surface area contributed by atoms with Crippen molar-refractivity contribution in [2.45, 2.75) is 11.3 Å². The van der Waals surface area contributed by atoms with Crippen molar-refractivity contribution < 1.29 is 14.8 Å². The number of rotatable bonds is 5. The molecule has 0 saturated carbocycles. The molecule has 0 radical (unpaired) electrons. The minimum Gasteiger partial charge on any atom is -0.326 e. The van der Waals surface area contributed by atoms with Crippen molar-refractivity contribution in [2.24, 2.45) is 0 Å². The Bertz CT molecular complexity index is 654. The second kappa shape index (κ2) is 7.63. The number of thioether (sulfide) groups is 1. The summed E-state index contributed by atoms with van der Waals surface area (Å²) in [6, 6.07) is 14.1. The summed E-state index contributed by atoms with van der Waals surface area (Å²) in [6.07, 6.45) is 2.29. The van der Waals surface area contributed by atoms with Gasteiger partial charge in [-0.25, -0.2) is 5.48 Å². The largest absolute Gasteiger partial charge is 0.326 e. The molecule has 0 aromatic heterocycles. The number of carbonyl (C=O) groups excluding carboxylic acids is 2. The van der Waals surface area contributed by atoms with Crippen LogP contribution in [0, 0.1) is 0 Å². The normalized spacial score (nSPS) is 10.1. The first kappa shape index (κ1) is 16.1. The Hall–Kier alpha value is -2.31. The summed E-state index contributed by atoms with van der Waals surface area (Å²) in [6.45, 7) is 0. The molecule has 0 saturated heterocycles. The van der Waals surface area contributed by atoms with Crippen LogP contribution in [0.3, 0.4) is 0 Å². The second-order valence-corrected chi connectivity index (χ2v) is 5.47. The van der Waals surface area contributed by atoms with Gasteiger partial charge in [0.25, 0.3) is 5.91 Å². The van der Waals surface area contributed by atoms with Crippen LogP contribution in [-0.2, 0) is 11.2 Å². The van der Waals surface area contributed by atoms with Crippen LogP contribution in [-0.4, -0.2) is 23.3 Å². The van der Waals surface area contributed by atoms with E-state index in [1.54, 1.807) is 29.4 Å². The fourth-order valence-corrected chi connectivity index (χ4v) is 2.31. The van der Waals surface area contributed by atoms with Gasteiger partial charge in [0, 0.05) is 16.1 Å². The number of hydroxylamine groups is 1. The molecule has 2 aromatic rings. The van der Waals surface area contributed by atoms with Crippen LogP contribution >= 0.6 is 11.8 Å². The average molecular weight is 316 g/mol. The fraction of sp³-hybridized carbons (Fsp3) is 0.125. The highest BCUT2D eigenvalue weighted by Gasteiger charge is 2.06. The van der Waals surface area contributed by atoms with Gasteiger partial charge in [0.05, 0.1) is 6.42 Å². The maximum absolute atomic E-state index is 12.0. The van der Waals surface area contributed by atoms with Crippen molar-refractivity contribution >= 4 is 29.3 Å². The summed E-state index contributed by atoms with van der Waals surface area (Å²) in [4.78, 5) is 24.3. The Morgan fingerprint density at radius 2 is 1.68 bits per heavy atom. The lowest BCUT2D eigenvalue weighted by molar-refractivity contribution is -0.115. The highest BCUT2D eigenvalue weighted by Crippen LogP contribution is 2.16. The zero-order valence-electron chi connectivity index (χ0n) is 12.0. The highest BCUT2D eigenvalue weighted by molar-refractivity contribution is 7.98. The third kappa shape index (κ3) is 4.34. The lowest BCUT2D eigenvalue weighted by Crippen LogP contribution is -2.18. The molecule has 0 spiro atoms. The predicted octanol–water partition coefficient (Wildman–Crippen LogP) is 2.71. The van der Waals surface area contributed by atoms with Gasteiger partial charge in [-0.2, -0.15) is 0 Å². The Kier molecular flexibility index (Phi) is 5.57. The van der Waals surface area contributed by atoms with E-state index < -0.39 is 5.91 Å². The SMILES string of the molecule is CSc1ccc(CC(=O)Nc2ccc(C(=O)NO)cc2)cc1. The number of amides is 2. The molecule has 2 amide bonds. The molecule has 0 unspecified atom stereocenters. The number of hydrogen-bond acceptors (Lipinski definition) is 4. The van der Waals surface area contributed by atoms with Crippen molar-refractivity contribution in [1.29, 1.82) is 0 Å². The first-order valence-corrected chi connectivity index (χ1v) is 7.82. The highest BCUT2D eigenvalue weighted by atomic mass is 32.2. The lowest BCUT2D eigenvalue weighted by atomic mass is 10.1. The molecule has 5 nitrogen and oxygen atoms in total. The minimum absolute atomic E-state index is 0.128. The molecule has 0 aliphatic heterocycles. The fourth-order valence-electron chi connectivity index (χ4n) is 1.90. The van der Waals surface area contributed by atoms with Crippen molar-refractivity contribution in [3.63, 3.8) is 0 Å². The van der Waals surface area contributed by atoms with Crippen molar-refractivity contribution in [1.82, 2.24) is 5.48 Å². The van der Waals surface area contributed by atoms with Gasteiger partial charge in [0.15, 0.2) is 0 Å². The van der Waals surface area contributed by atoms with Gasteiger partial charge < -0.3 is 5.32 Å². The standard InChI is InChI=1S/C16H16N2O3S/c1-22-14-8-2-11(3-9-14)10-15(19)17-13-6-4-12(5-7-13)16(20)18-21/h2-9,21H,10H2,1H3,(H,17,19)(H,18,20). The average Bonchev–Trinajstić information content (AvgIpc) is 2.55. The van der Waals surface area contributed by atoms with Crippen LogP contribution in [0.2, 0.25) is 0 Å². The number of benzene rings is 2. The zero-order chi connectivity index (χ0) is 15.9. The number of anilines is 1. The molecule has 0 fully saturated rings. The molecule has 114 valence electrons. The summed E-state index contributed by atoms with van der Waals surface area (Å²) in [5.74, 6) is -0.719. The third-order valence-corrected chi connectivity index (χ3v) is 3.80. The second-order valence-electron chi connectivity index (χ2n) is 4.59. The van der Waals surface area contributed by atoms with Gasteiger partial charge in [-0.1, -0.05) is 12.1 Å². The smallest absolute Gasteiger partial charge is 0.274 e. The molecule has 2 rings (SSSR count). The van der Waals surface area contributed by atoms with Gasteiger partial charge in [-0.15, -0.1) is 11.8 Å². The van der Waals surface area contributed by atoms with E-state index in [4.69, 9.17) is 5.21 Å².